The number of aromatic nitrogens is 5. The molecule has 1 aliphatic heterocycles. The Balaban J connectivity index is 1.93. The van der Waals surface area contributed by atoms with Crippen molar-refractivity contribution in [1.29, 1.82) is 0 Å². The Hall–Kier alpha value is -3.56. The molecule has 2 aliphatic rings. The molecule has 1 aliphatic carbocycles. The van der Waals surface area contributed by atoms with Crippen LogP contribution in [0.5, 0.6) is 0 Å². The fourth-order valence-electron chi connectivity index (χ4n) is 1.75. The van der Waals surface area contributed by atoms with Gasteiger partial charge in [0.05, 0.1) is 17.2 Å². The number of fused-ring (bicyclic) bond motifs is 1. The second-order valence-electron chi connectivity index (χ2n) is 4.17. The van der Waals surface area contributed by atoms with Crippen LogP contribution in [0, 0.1) is 0 Å². The van der Waals surface area contributed by atoms with Crippen molar-refractivity contribution in [2.45, 2.75) is 0 Å². The molecule has 1 aromatic rings. The molecule has 10 heteroatoms. The van der Waals surface area contributed by atoms with Gasteiger partial charge in [-0.3, -0.25) is 10.3 Å². The van der Waals surface area contributed by atoms with Crippen molar-refractivity contribution < 1.29 is 10.0 Å². The molecule has 0 atom stereocenters. The van der Waals surface area contributed by atoms with E-state index >= 15 is 0 Å². The summed E-state index contributed by atoms with van der Waals surface area (Å²) < 4.78 is 0. The summed E-state index contributed by atoms with van der Waals surface area (Å²) in [6, 6.07) is 3.95. The summed E-state index contributed by atoms with van der Waals surface area (Å²) in [7, 11) is 0. The predicted molar refractivity (Wildman–Crippen MR) is 74.9 cm³/mol. The van der Waals surface area contributed by atoms with Crippen molar-refractivity contribution >= 4 is 17.8 Å². The highest BCUT2D eigenvalue weighted by atomic mass is 16.5. The van der Waals surface area contributed by atoms with Crippen LogP contribution in [0.15, 0.2) is 41.8 Å². The molecule has 0 saturated heterocycles. The van der Waals surface area contributed by atoms with Gasteiger partial charge in [-0.05, 0) is 18.2 Å². The van der Waals surface area contributed by atoms with E-state index in [0.717, 1.165) is 0 Å². The SMILES string of the molecule is Nc1nc2ccc(=NC(=O)Nc3cnccn3)cc-2n(O)n1. The molecule has 22 heavy (non-hydrogen) atoms. The van der Waals surface area contributed by atoms with Gasteiger partial charge < -0.3 is 10.9 Å². The van der Waals surface area contributed by atoms with E-state index in [1.807, 2.05) is 0 Å². The van der Waals surface area contributed by atoms with Crippen LogP contribution < -0.4 is 16.4 Å². The van der Waals surface area contributed by atoms with Crippen LogP contribution >= 0.6 is 0 Å². The van der Waals surface area contributed by atoms with Gasteiger partial charge in [-0.15, -0.1) is 0 Å². The molecule has 1 aromatic heterocycles. The van der Waals surface area contributed by atoms with Gasteiger partial charge in [0.15, 0.2) is 5.82 Å². The Morgan fingerprint density at radius 1 is 1.36 bits per heavy atom. The van der Waals surface area contributed by atoms with Gasteiger partial charge in [-0.25, -0.2) is 14.8 Å². The summed E-state index contributed by atoms with van der Waals surface area (Å²) in [6.07, 6.45) is 4.33. The third-order valence-electron chi connectivity index (χ3n) is 2.64. The zero-order valence-electron chi connectivity index (χ0n) is 11.1. The smallest absolute Gasteiger partial charge is 0.347 e. The monoisotopic (exact) mass is 298 g/mol. The van der Waals surface area contributed by atoms with Gasteiger partial charge in [-0.1, -0.05) is 9.94 Å². The Kier molecular flexibility index (Phi) is 3.32. The number of carbonyl (C=O) groups is 1. The number of nitrogens with two attached hydrogens (primary N) is 1. The number of amides is 2. The van der Waals surface area contributed by atoms with Crippen molar-refractivity contribution in [2.75, 3.05) is 11.1 Å². The van der Waals surface area contributed by atoms with E-state index in [1.165, 1.54) is 24.7 Å². The van der Waals surface area contributed by atoms with Crippen LogP contribution in [0.25, 0.3) is 11.4 Å². The maximum absolute atomic E-state index is 11.8. The first kappa shape index (κ1) is 13.4. The second kappa shape index (κ2) is 5.44. The molecule has 3 rings (SSSR count). The van der Waals surface area contributed by atoms with Crippen molar-refractivity contribution in [1.82, 2.24) is 24.9 Å². The van der Waals surface area contributed by atoms with Crippen LogP contribution in [0.2, 0.25) is 0 Å². The summed E-state index contributed by atoms with van der Waals surface area (Å²) >= 11 is 0. The number of nitrogens with zero attached hydrogens (tertiary/aromatic N) is 6. The van der Waals surface area contributed by atoms with E-state index in [0.29, 0.717) is 15.9 Å². The molecule has 0 bridgehead atoms. The Morgan fingerprint density at radius 2 is 2.23 bits per heavy atom. The zero-order chi connectivity index (χ0) is 15.5. The van der Waals surface area contributed by atoms with Gasteiger partial charge in [0, 0.05) is 12.4 Å². The molecule has 4 N–H and O–H groups in total. The maximum atomic E-state index is 11.8. The van der Waals surface area contributed by atoms with Gasteiger partial charge in [-0.2, -0.15) is 4.99 Å². The third kappa shape index (κ3) is 2.80. The molecular weight excluding hydrogens is 288 g/mol. The molecule has 0 saturated carbocycles. The minimum absolute atomic E-state index is 0.0694. The van der Waals surface area contributed by atoms with Crippen molar-refractivity contribution in [3.63, 3.8) is 0 Å². The van der Waals surface area contributed by atoms with E-state index in [9.17, 15) is 10.0 Å². The summed E-state index contributed by atoms with van der Waals surface area (Å²) in [5, 5.41) is 16.0. The van der Waals surface area contributed by atoms with Crippen molar-refractivity contribution in [3.8, 4) is 11.4 Å². The molecule has 10 nitrogen and oxygen atoms in total. The average Bonchev–Trinajstić information content (AvgIpc) is 2.49. The topological polar surface area (TPSA) is 144 Å². The lowest BCUT2D eigenvalue weighted by molar-refractivity contribution is 0.148. The molecule has 110 valence electrons. The number of rotatable bonds is 1. The van der Waals surface area contributed by atoms with Crippen LogP contribution in [0.3, 0.4) is 0 Å². The minimum Gasteiger partial charge on any atom is -0.411 e. The molecule has 2 heterocycles. The fraction of sp³-hybridized carbons (Fsp3) is 0. The lowest BCUT2D eigenvalue weighted by atomic mass is 10.2. The highest BCUT2D eigenvalue weighted by molar-refractivity contribution is 5.88. The number of hydrogen-bond donors (Lipinski definition) is 3. The van der Waals surface area contributed by atoms with Gasteiger partial charge >= 0.3 is 6.03 Å². The summed E-state index contributed by atoms with van der Waals surface area (Å²) in [5.41, 5.74) is 6.11. The van der Waals surface area contributed by atoms with Gasteiger partial charge in [0.2, 0.25) is 5.95 Å². The number of hydrogen-bond acceptors (Lipinski definition) is 7. The molecule has 0 radical (unpaired) electrons. The van der Waals surface area contributed by atoms with Crippen LogP contribution in [-0.2, 0) is 0 Å². The van der Waals surface area contributed by atoms with E-state index in [4.69, 9.17) is 5.73 Å². The molecule has 0 unspecified atom stereocenters. The number of urea groups is 1. The second-order valence-corrected chi connectivity index (χ2v) is 4.17. The first-order valence-corrected chi connectivity index (χ1v) is 6.09. The number of carbonyl (C=O) groups excluding carboxylic acids is 1. The molecule has 2 amide bonds. The highest BCUT2D eigenvalue weighted by Gasteiger charge is 2.10. The van der Waals surface area contributed by atoms with E-state index < -0.39 is 6.03 Å². The van der Waals surface area contributed by atoms with Gasteiger partial charge in [0.1, 0.15) is 5.69 Å². The predicted octanol–water partition coefficient (Wildman–Crippen LogP) is 0.125. The van der Waals surface area contributed by atoms with E-state index in [1.54, 1.807) is 12.1 Å². The normalized spacial score (nSPS) is 11.5. The fourth-order valence-corrected chi connectivity index (χ4v) is 1.75. The molecule has 0 aromatic carbocycles. The molecule has 0 spiro atoms. The van der Waals surface area contributed by atoms with Crippen molar-refractivity contribution in [3.05, 3.63) is 42.1 Å². The van der Waals surface area contributed by atoms with E-state index in [2.05, 4.69) is 30.4 Å². The largest absolute Gasteiger partial charge is 0.411 e. The summed E-state index contributed by atoms with van der Waals surface area (Å²) in [6.45, 7) is 0. The molecular formula is C12H10N8O2. The summed E-state index contributed by atoms with van der Waals surface area (Å²) in [4.78, 5) is 27.9. The van der Waals surface area contributed by atoms with Gasteiger partial charge in [0.25, 0.3) is 0 Å². The Bertz CT molecular complexity index is 861. The third-order valence-corrected chi connectivity index (χ3v) is 2.64. The lowest BCUT2D eigenvalue weighted by Crippen LogP contribution is -2.16. The Labute approximate surface area is 123 Å². The zero-order valence-corrected chi connectivity index (χ0v) is 11.1. The van der Waals surface area contributed by atoms with Crippen LogP contribution in [0.4, 0.5) is 16.6 Å². The number of nitrogen functional groups attached to an aromatic ring is 1. The summed E-state index contributed by atoms with van der Waals surface area (Å²) in [5.74, 6) is 0.213. The van der Waals surface area contributed by atoms with Crippen LogP contribution in [0.1, 0.15) is 0 Å². The lowest BCUT2D eigenvalue weighted by Gasteiger charge is -2.07. The highest BCUT2D eigenvalue weighted by Crippen LogP contribution is 2.14. The number of nitrogens with one attached hydrogen (secondary N) is 1. The quantitative estimate of drug-likeness (QED) is 0.541. The molecule has 0 fully saturated rings. The number of benzene rings is 1. The van der Waals surface area contributed by atoms with E-state index in [-0.39, 0.29) is 17.5 Å². The first-order valence-electron chi connectivity index (χ1n) is 6.09. The first-order chi connectivity index (χ1) is 10.6. The van der Waals surface area contributed by atoms with Crippen LogP contribution in [-0.4, -0.2) is 36.1 Å². The maximum Gasteiger partial charge on any atom is 0.347 e. The standard InChI is InChI=1S/C12H10N8O2/c13-11-17-8-2-1-7(5-9(8)20(22)19-11)16-12(21)18-10-6-14-3-4-15-10/h1-6,22H,(H2,13,19)(H,15,18,21). The average molecular weight is 298 g/mol. The number of anilines is 2. The minimum atomic E-state index is -0.624. The Morgan fingerprint density at radius 3 is 3.00 bits per heavy atom. The van der Waals surface area contributed by atoms with Crippen molar-refractivity contribution in [2.24, 2.45) is 4.99 Å².